The second kappa shape index (κ2) is 4.17. The van der Waals surface area contributed by atoms with E-state index >= 15 is 0 Å². The number of carbonyl (C=O) groups excluding carboxylic acids is 2. The lowest BCUT2D eigenvalue weighted by molar-refractivity contribution is 0.0986. The highest BCUT2D eigenvalue weighted by Gasteiger charge is 2.34. The molecule has 2 rings (SSSR count). The van der Waals surface area contributed by atoms with Gasteiger partial charge in [0, 0.05) is 31.4 Å². The van der Waals surface area contributed by atoms with Crippen molar-refractivity contribution in [2.75, 3.05) is 14.1 Å². The predicted octanol–water partition coefficient (Wildman–Crippen LogP) is 2.82. The van der Waals surface area contributed by atoms with Gasteiger partial charge in [0.2, 0.25) is 0 Å². The fraction of sp³-hybridized carbons (Fsp3) is 0.167. The summed E-state index contributed by atoms with van der Waals surface area (Å²) in [6.07, 6.45) is 1.51. The average Bonchev–Trinajstić information content (AvgIpc) is 2.45. The number of halogens is 2. The van der Waals surface area contributed by atoms with E-state index in [4.69, 9.17) is 23.2 Å². The van der Waals surface area contributed by atoms with Crippen LogP contribution < -0.4 is 0 Å². The lowest BCUT2D eigenvalue weighted by Crippen LogP contribution is -2.09. The summed E-state index contributed by atoms with van der Waals surface area (Å²) in [7, 11) is 3.49. The molecule has 1 aromatic carbocycles. The highest BCUT2D eigenvalue weighted by Crippen LogP contribution is 2.33. The number of nitrogens with zero attached hydrogens (tertiary/aromatic N) is 1. The molecule has 0 heterocycles. The molecular formula is C12H9Cl2NO2. The third kappa shape index (κ3) is 1.96. The van der Waals surface area contributed by atoms with Crippen molar-refractivity contribution in [2.45, 2.75) is 0 Å². The van der Waals surface area contributed by atoms with Gasteiger partial charge >= 0.3 is 0 Å². The first-order chi connectivity index (χ1) is 7.91. The highest BCUT2D eigenvalue weighted by atomic mass is 35.5. The number of hydrogen-bond donors (Lipinski definition) is 0. The van der Waals surface area contributed by atoms with E-state index in [9.17, 15) is 9.59 Å². The van der Waals surface area contributed by atoms with E-state index in [0.717, 1.165) is 0 Å². The van der Waals surface area contributed by atoms with Crippen LogP contribution in [0.1, 0.15) is 20.7 Å². The third-order valence-corrected chi connectivity index (χ3v) is 3.15. The Morgan fingerprint density at radius 1 is 1.00 bits per heavy atom. The van der Waals surface area contributed by atoms with Gasteiger partial charge in [0.05, 0.1) is 15.6 Å². The molecule has 0 saturated heterocycles. The minimum atomic E-state index is -0.308. The summed E-state index contributed by atoms with van der Waals surface area (Å²) in [6, 6.07) is 2.88. The van der Waals surface area contributed by atoms with E-state index in [1.165, 1.54) is 18.3 Å². The summed E-state index contributed by atoms with van der Waals surface area (Å²) in [6.45, 7) is 0. The Morgan fingerprint density at radius 3 is 1.76 bits per heavy atom. The van der Waals surface area contributed by atoms with Crippen molar-refractivity contribution < 1.29 is 9.59 Å². The largest absolute Gasteiger partial charge is 0.383 e. The van der Waals surface area contributed by atoms with Crippen LogP contribution >= 0.6 is 23.2 Å². The minimum Gasteiger partial charge on any atom is -0.383 e. The van der Waals surface area contributed by atoms with Crippen LogP contribution in [0.4, 0.5) is 0 Å². The van der Waals surface area contributed by atoms with Crippen molar-refractivity contribution in [3.05, 3.63) is 45.1 Å². The maximum absolute atomic E-state index is 12.0. The van der Waals surface area contributed by atoms with Gasteiger partial charge in [0.1, 0.15) is 0 Å². The van der Waals surface area contributed by atoms with Crippen molar-refractivity contribution in [3.63, 3.8) is 0 Å². The van der Waals surface area contributed by atoms with Crippen LogP contribution in [0.25, 0.3) is 0 Å². The zero-order chi connectivity index (χ0) is 12.7. The number of Topliss-reactive ketones (excluding diaryl/α,β-unsaturated/α-hetero) is 2. The molecule has 0 bridgehead atoms. The van der Waals surface area contributed by atoms with Gasteiger partial charge in [-0.25, -0.2) is 0 Å². The topological polar surface area (TPSA) is 37.4 Å². The van der Waals surface area contributed by atoms with Crippen molar-refractivity contribution in [1.29, 1.82) is 0 Å². The second-order valence-corrected chi connectivity index (χ2v) is 4.79. The molecule has 5 heteroatoms. The number of allylic oxidation sites excluding steroid dienone is 1. The van der Waals surface area contributed by atoms with Crippen LogP contribution in [0.15, 0.2) is 23.9 Å². The Balaban J connectivity index is 2.61. The monoisotopic (exact) mass is 269 g/mol. The molecule has 1 aliphatic carbocycles. The number of fused-ring (bicyclic) bond motifs is 1. The lowest BCUT2D eigenvalue weighted by atomic mass is 10.1. The maximum atomic E-state index is 12.0. The molecule has 0 saturated carbocycles. The van der Waals surface area contributed by atoms with Crippen LogP contribution in [-0.4, -0.2) is 30.6 Å². The van der Waals surface area contributed by atoms with Crippen LogP contribution in [0.2, 0.25) is 10.0 Å². The third-order valence-electron chi connectivity index (χ3n) is 2.43. The summed E-state index contributed by atoms with van der Waals surface area (Å²) in [5, 5.41) is 0.551. The first-order valence-electron chi connectivity index (χ1n) is 4.88. The van der Waals surface area contributed by atoms with Gasteiger partial charge in [0.25, 0.3) is 0 Å². The smallest absolute Gasteiger partial charge is 0.199 e. The van der Waals surface area contributed by atoms with E-state index in [2.05, 4.69) is 0 Å². The average molecular weight is 270 g/mol. The zero-order valence-electron chi connectivity index (χ0n) is 9.25. The van der Waals surface area contributed by atoms with E-state index in [1.807, 2.05) is 0 Å². The van der Waals surface area contributed by atoms with Crippen molar-refractivity contribution in [1.82, 2.24) is 4.90 Å². The highest BCUT2D eigenvalue weighted by molar-refractivity contribution is 6.45. The molecule has 0 atom stereocenters. The molecule has 1 aliphatic rings. The van der Waals surface area contributed by atoms with E-state index in [-0.39, 0.29) is 27.2 Å². The molecular weight excluding hydrogens is 261 g/mol. The van der Waals surface area contributed by atoms with Crippen molar-refractivity contribution in [3.8, 4) is 0 Å². The quantitative estimate of drug-likeness (QED) is 0.581. The van der Waals surface area contributed by atoms with Gasteiger partial charge in [-0.05, 0) is 12.1 Å². The normalized spacial score (nSPS) is 14.0. The van der Waals surface area contributed by atoms with Crippen molar-refractivity contribution >= 4 is 34.8 Å². The van der Waals surface area contributed by atoms with Gasteiger partial charge in [0.15, 0.2) is 11.6 Å². The Morgan fingerprint density at radius 2 is 1.41 bits per heavy atom. The molecule has 0 spiro atoms. The van der Waals surface area contributed by atoms with E-state index in [1.54, 1.807) is 19.0 Å². The van der Waals surface area contributed by atoms with Gasteiger partial charge in [-0.1, -0.05) is 23.2 Å². The molecule has 17 heavy (non-hydrogen) atoms. The number of carbonyl (C=O) groups is 2. The molecule has 0 unspecified atom stereocenters. The Labute approximate surface area is 109 Å². The van der Waals surface area contributed by atoms with Gasteiger partial charge in [-0.15, -0.1) is 0 Å². The first kappa shape index (κ1) is 12.1. The Bertz CT molecular complexity index is 519. The second-order valence-electron chi connectivity index (χ2n) is 3.98. The SMILES string of the molecule is CN(C)C=C1C(=O)c2cc(Cl)c(Cl)cc2C1=O. The van der Waals surface area contributed by atoms with Gasteiger partial charge in [-0.2, -0.15) is 0 Å². The number of rotatable bonds is 1. The number of benzene rings is 1. The lowest BCUT2D eigenvalue weighted by Gasteiger charge is -2.04. The molecule has 3 nitrogen and oxygen atoms in total. The summed E-state index contributed by atoms with van der Waals surface area (Å²) in [5.41, 5.74) is 0.776. The molecule has 0 aliphatic heterocycles. The molecule has 0 N–H and O–H groups in total. The Hall–Kier alpha value is -1.32. The first-order valence-corrected chi connectivity index (χ1v) is 5.64. The van der Waals surface area contributed by atoms with Gasteiger partial charge in [-0.3, -0.25) is 9.59 Å². The van der Waals surface area contributed by atoms with Crippen LogP contribution in [0.3, 0.4) is 0 Å². The summed E-state index contributed by atoms with van der Waals surface area (Å²) >= 11 is 11.7. The predicted molar refractivity (Wildman–Crippen MR) is 66.9 cm³/mol. The molecule has 0 aromatic heterocycles. The Kier molecular flexibility index (Phi) is 2.98. The fourth-order valence-corrected chi connectivity index (χ4v) is 2.02. The minimum absolute atomic E-state index is 0.142. The summed E-state index contributed by atoms with van der Waals surface area (Å²) in [5.74, 6) is -0.616. The standard InChI is InChI=1S/C12H9Cl2NO2/c1-15(2)5-8-11(16)6-3-9(13)10(14)4-7(6)12(8)17/h3-5H,1-2H3. The number of hydrogen-bond acceptors (Lipinski definition) is 3. The molecule has 1 aromatic rings. The van der Waals surface area contributed by atoms with Crippen molar-refractivity contribution in [2.24, 2.45) is 0 Å². The van der Waals surface area contributed by atoms with Crippen LogP contribution in [0, 0.1) is 0 Å². The summed E-state index contributed by atoms with van der Waals surface area (Å²) < 4.78 is 0. The van der Waals surface area contributed by atoms with Gasteiger partial charge < -0.3 is 4.90 Å². The number of ketones is 2. The van der Waals surface area contributed by atoms with E-state index in [0.29, 0.717) is 11.1 Å². The fourth-order valence-electron chi connectivity index (χ4n) is 1.69. The van der Waals surface area contributed by atoms with Crippen LogP contribution in [0.5, 0.6) is 0 Å². The molecule has 0 fully saturated rings. The molecule has 0 amide bonds. The zero-order valence-corrected chi connectivity index (χ0v) is 10.8. The molecule has 0 radical (unpaired) electrons. The maximum Gasteiger partial charge on any atom is 0.199 e. The molecule has 88 valence electrons. The van der Waals surface area contributed by atoms with E-state index < -0.39 is 0 Å². The van der Waals surface area contributed by atoms with Crippen LogP contribution in [-0.2, 0) is 0 Å². The summed E-state index contributed by atoms with van der Waals surface area (Å²) in [4.78, 5) is 25.6.